The van der Waals surface area contributed by atoms with Crippen LogP contribution in [-0.2, 0) is 32.3 Å². The lowest BCUT2D eigenvalue weighted by Crippen LogP contribution is -2.53. The minimum absolute atomic E-state index is 0.00104. The molecular weight excluding hydrogens is 579 g/mol. The average Bonchev–Trinajstić information content (AvgIpc) is 2.96. The summed E-state index contributed by atoms with van der Waals surface area (Å²) in [4.78, 5) is 28.6. The molecule has 1 N–H and O–H groups in total. The number of carbonyl (C=O) groups excluding carboxylic acids is 2. The van der Waals surface area contributed by atoms with Crippen LogP contribution in [0.3, 0.4) is 0 Å². The molecule has 0 fully saturated rings. The third-order valence-electron chi connectivity index (χ3n) is 7.34. The van der Waals surface area contributed by atoms with Crippen molar-refractivity contribution < 1.29 is 31.2 Å². The normalized spacial score (nSPS) is 13.2. The van der Waals surface area contributed by atoms with Gasteiger partial charge in [-0.2, -0.15) is 13.2 Å². The second kappa shape index (κ2) is 14.1. The van der Waals surface area contributed by atoms with Crippen LogP contribution in [-0.4, -0.2) is 43.8 Å². The molecule has 2 amide bonds. The fourth-order valence-corrected chi connectivity index (χ4v) is 5.94. The lowest BCUT2D eigenvalue weighted by molar-refractivity contribution is -0.140. The summed E-state index contributed by atoms with van der Waals surface area (Å²) in [5.74, 6) is -1.13. The number of amides is 2. The van der Waals surface area contributed by atoms with Gasteiger partial charge >= 0.3 is 6.18 Å². The zero-order valence-electron chi connectivity index (χ0n) is 25.0. The Labute approximate surface area is 251 Å². The summed E-state index contributed by atoms with van der Waals surface area (Å²) < 4.78 is 69.5. The molecule has 2 atom stereocenters. The van der Waals surface area contributed by atoms with Gasteiger partial charge in [0.25, 0.3) is 10.0 Å². The summed E-state index contributed by atoms with van der Waals surface area (Å²) >= 11 is 0. The van der Waals surface area contributed by atoms with Gasteiger partial charge in [0, 0.05) is 12.6 Å². The SMILES string of the molecule is CC[C@@H](C)NC(=O)[C@H](CC)N(Cc1ccccc1C)C(=O)CN(c1cccc(C(F)(F)F)c1)S(=O)(=O)c1ccc(C)cc1. The van der Waals surface area contributed by atoms with Crippen molar-refractivity contribution in [3.8, 4) is 0 Å². The highest BCUT2D eigenvalue weighted by molar-refractivity contribution is 7.92. The van der Waals surface area contributed by atoms with Gasteiger partial charge in [-0.3, -0.25) is 13.9 Å². The zero-order valence-corrected chi connectivity index (χ0v) is 25.8. The first kappa shape index (κ1) is 33.6. The summed E-state index contributed by atoms with van der Waals surface area (Å²) in [6.45, 7) is 8.28. The van der Waals surface area contributed by atoms with Gasteiger partial charge in [-0.1, -0.05) is 61.9 Å². The van der Waals surface area contributed by atoms with Crippen molar-refractivity contribution in [2.45, 2.75) is 77.2 Å². The van der Waals surface area contributed by atoms with Gasteiger partial charge in [0.15, 0.2) is 0 Å². The Morgan fingerprint density at radius 1 is 0.907 bits per heavy atom. The molecule has 0 heterocycles. The molecule has 232 valence electrons. The molecule has 43 heavy (non-hydrogen) atoms. The van der Waals surface area contributed by atoms with Crippen molar-refractivity contribution in [2.75, 3.05) is 10.8 Å². The molecule has 0 aliphatic carbocycles. The molecule has 0 unspecified atom stereocenters. The first-order valence-corrected chi connectivity index (χ1v) is 15.5. The molecule has 0 aliphatic rings. The molecule has 3 rings (SSSR count). The third kappa shape index (κ3) is 8.37. The van der Waals surface area contributed by atoms with Crippen molar-refractivity contribution in [2.24, 2.45) is 0 Å². The van der Waals surface area contributed by atoms with Crippen LogP contribution in [0.5, 0.6) is 0 Å². The largest absolute Gasteiger partial charge is 0.416 e. The lowest BCUT2D eigenvalue weighted by Gasteiger charge is -2.34. The summed E-state index contributed by atoms with van der Waals surface area (Å²) in [5, 5.41) is 2.90. The second-order valence-electron chi connectivity index (χ2n) is 10.6. The van der Waals surface area contributed by atoms with Crippen LogP contribution in [0.4, 0.5) is 18.9 Å². The number of carbonyl (C=O) groups is 2. The highest BCUT2D eigenvalue weighted by Crippen LogP contribution is 2.33. The third-order valence-corrected chi connectivity index (χ3v) is 9.13. The molecule has 0 aliphatic heterocycles. The number of hydrogen-bond donors (Lipinski definition) is 1. The van der Waals surface area contributed by atoms with Gasteiger partial charge in [0.05, 0.1) is 16.1 Å². The number of sulfonamides is 1. The molecular formula is C32H38F3N3O4S. The molecule has 0 radical (unpaired) electrons. The Kier molecular flexibility index (Phi) is 11.0. The first-order chi connectivity index (χ1) is 20.2. The number of anilines is 1. The number of rotatable bonds is 12. The molecule has 3 aromatic rings. The van der Waals surface area contributed by atoms with Gasteiger partial charge < -0.3 is 10.2 Å². The highest BCUT2D eigenvalue weighted by atomic mass is 32.2. The van der Waals surface area contributed by atoms with Crippen molar-refractivity contribution in [1.82, 2.24) is 10.2 Å². The lowest BCUT2D eigenvalue weighted by atomic mass is 10.1. The van der Waals surface area contributed by atoms with E-state index in [0.717, 1.165) is 28.8 Å². The van der Waals surface area contributed by atoms with Gasteiger partial charge in [0.1, 0.15) is 12.6 Å². The van der Waals surface area contributed by atoms with Gasteiger partial charge in [-0.15, -0.1) is 0 Å². The topological polar surface area (TPSA) is 86.8 Å². The summed E-state index contributed by atoms with van der Waals surface area (Å²) in [7, 11) is -4.50. The fourth-order valence-electron chi connectivity index (χ4n) is 4.54. The quantitative estimate of drug-likeness (QED) is 0.261. The molecule has 11 heteroatoms. The first-order valence-electron chi connectivity index (χ1n) is 14.1. The predicted molar refractivity (Wildman–Crippen MR) is 161 cm³/mol. The Morgan fingerprint density at radius 2 is 1.56 bits per heavy atom. The zero-order chi connectivity index (χ0) is 31.9. The highest BCUT2D eigenvalue weighted by Gasteiger charge is 2.36. The van der Waals surface area contributed by atoms with E-state index >= 15 is 0 Å². The molecule has 0 saturated heterocycles. The maximum Gasteiger partial charge on any atom is 0.416 e. The van der Waals surface area contributed by atoms with E-state index in [2.05, 4.69) is 5.32 Å². The fraction of sp³-hybridized carbons (Fsp3) is 0.375. The number of nitrogens with zero attached hydrogens (tertiary/aromatic N) is 2. The molecule has 0 saturated carbocycles. The van der Waals surface area contributed by atoms with E-state index in [4.69, 9.17) is 0 Å². The van der Waals surface area contributed by atoms with Crippen LogP contribution >= 0.6 is 0 Å². The van der Waals surface area contributed by atoms with Crippen LogP contribution in [0.25, 0.3) is 0 Å². The van der Waals surface area contributed by atoms with Crippen LogP contribution in [0.15, 0.2) is 77.7 Å². The Bertz CT molecular complexity index is 1530. The second-order valence-corrected chi connectivity index (χ2v) is 12.4. The van der Waals surface area contributed by atoms with Crippen molar-refractivity contribution in [3.63, 3.8) is 0 Å². The van der Waals surface area contributed by atoms with Crippen molar-refractivity contribution in [3.05, 3.63) is 95.1 Å². The van der Waals surface area contributed by atoms with Gasteiger partial charge in [-0.05, 0) is 75.1 Å². The smallest absolute Gasteiger partial charge is 0.352 e. The maximum atomic E-state index is 14.1. The minimum Gasteiger partial charge on any atom is -0.352 e. The Morgan fingerprint density at radius 3 is 2.14 bits per heavy atom. The van der Waals surface area contributed by atoms with E-state index in [1.165, 1.54) is 23.1 Å². The number of halogens is 3. The van der Waals surface area contributed by atoms with Crippen LogP contribution < -0.4 is 9.62 Å². The van der Waals surface area contributed by atoms with E-state index in [1.807, 2.05) is 39.0 Å². The number of nitrogens with one attached hydrogen (secondary N) is 1. The maximum absolute atomic E-state index is 14.1. The molecule has 0 bridgehead atoms. The van der Waals surface area contributed by atoms with E-state index in [0.29, 0.717) is 16.8 Å². The Balaban J connectivity index is 2.13. The van der Waals surface area contributed by atoms with Crippen LogP contribution in [0.1, 0.15) is 55.9 Å². The summed E-state index contributed by atoms with van der Waals surface area (Å²) in [6, 6.07) is 15.8. The van der Waals surface area contributed by atoms with E-state index in [9.17, 15) is 31.2 Å². The van der Waals surface area contributed by atoms with Crippen LogP contribution in [0, 0.1) is 13.8 Å². The number of alkyl halides is 3. The number of hydrogen-bond acceptors (Lipinski definition) is 4. The predicted octanol–water partition coefficient (Wildman–Crippen LogP) is 6.24. The molecule has 7 nitrogen and oxygen atoms in total. The molecule has 0 spiro atoms. The molecule has 0 aromatic heterocycles. The molecule has 3 aromatic carbocycles. The van der Waals surface area contributed by atoms with Gasteiger partial charge in [-0.25, -0.2) is 8.42 Å². The van der Waals surface area contributed by atoms with Gasteiger partial charge in [0.2, 0.25) is 11.8 Å². The van der Waals surface area contributed by atoms with E-state index in [-0.39, 0.29) is 29.6 Å². The van der Waals surface area contributed by atoms with Crippen molar-refractivity contribution >= 4 is 27.5 Å². The van der Waals surface area contributed by atoms with Crippen LogP contribution in [0.2, 0.25) is 0 Å². The van der Waals surface area contributed by atoms with E-state index in [1.54, 1.807) is 32.0 Å². The summed E-state index contributed by atoms with van der Waals surface area (Å²) in [6.07, 6.45) is -3.85. The van der Waals surface area contributed by atoms with E-state index < -0.39 is 46.2 Å². The average molecular weight is 618 g/mol. The van der Waals surface area contributed by atoms with Crippen molar-refractivity contribution in [1.29, 1.82) is 0 Å². The monoisotopic (exact) mass is 617 g/mol. The Hall–Kier alpha value is -3.86. The number of benzene rings is 3. The summed E-state index contributed by atoms with van der Waals surface area (Å²) in [5.41, 5.74) is 1.01. The minimum atomic E-state index is -4.74. The standard InChI is InChI=1S/C32H38F3N3O4S/c1-6-24(5)36-31(40)29(7-2)37(20-25-12-9-8-11-23(25)4)30(39)21-38(27-14-10-13-26(19-27)32(33,34)35)43(41,42)28-17-15-22(3)16-18-28/h8-19,24,29H,6-7,20-21H2,1-5H3,(H,36,40)/t24-,29+/m1/s1. The number of aryl methyl sites for hydroxylation is 2.